The molecule has 94 valence electrons. The van der Waals surface area contributed by atoms with Crippen molar-refractivity contribution < 1.29 is 26.7 Å². The third-order valence-corrected chi connectivity index (χ3v) is 1.85. The van der Waals surface area contributed by atoms with E-state index in [4.69, 9.17) is 5.73 Å². The zero-order valence-corrected chi connectivity index (χ0v) is 8.18. The Kier molecular flexibility index (Phi) is 3.25. The van der Waals surface area contributed by atoms with E-state index in [1.54, 1.807) is 0 Å². The van der Waals surface area contributed by atoms with Crippen molar-refractivity contribution in [2.45, 2.75) is 12.1 Å². The van der Waals surface area contributed by atoms with Crippen LogP contribution in [0.5, 0.6) is 0 Å². The van der Waals surface area contributed by atoms with Gasteiger partial charge in [0.25, 0.3) is 0 Å². The molecule has 0 unspecified atom stereocenters. The van der Waals surface area contributed by atoms with Crippen molar-refractivity contribution in [3.8, 4) is 0 Å². The van der Waals surface area contributed by atoms with Gasteiger partial charge in [-0.15, -0.1) is 0 Å². The number of benzene rings is 1. The van der Waals surface area contributed by atoms with Gasteiger partial charge < -0.3 is 11.1 Å². The van der Waals surface area contributed by atoms with Crippen LogP contribution >= 0.6 is 0 Å². The highest BCUT2D eigenvalue weighted by atomic mass is 19.4. The van der Waals surface area contributed by atoms with Gasteiger partial charge in [-0.1, -0.05) is 12.1 Å². The monoisotopic (exact) mass is 254 g/mol. The number of alkyl halides is 5. The van der Waals surface area contributed by atoms with Crippen LogP contribution < -0.4 is 11.1 Å². The lowest BCUT2D eigenvalue weighted by molar-refractivity contribution is -0.267. The Labute approximate surface area is 92.4 Å². The molecule has 1 amide bonds. The third kappa shape index (κ3) is 2.63. The molecule has 8 heteroatoms. The Morgan fingerprint density at radius 1 is 1.12 bits per heavy atom. The van der Waals surface area contributed by atoms with Crippen molar-refractivity contribution >= 4 is 17.3 Å². The molecular weight excluding hydrogens is 247 g/mol. The summed E-state index contributed by atoms with van der Waals surface area (Å²) in [5.41, 5.74) is 4.86. The fraction of sp³-hybridized carbons (Fsp3) is 0.222. The first-order valence-corrected chi connectivity index (χ1v) is 4.27. The number of halogens is 5. The van der Waals surface area contributed by atoms with E-state index >= 15 is 0 Å². The standard InChI is InChI=1S/C9H7F5N2O/c10-8(11,9(12,13)14)7(17)16-6-4-2-1-3-5(6)15/h1-4H,15H2,(H,16,17). The van der Waals surface area contributed by atoms with Gasteiger partial charge in [0.15, 0.2) is 0 Å². The van der Waals surface area contributed by atoms with Crippen LogP contribution in [0.3, 0.4) is 0 Å². The maximum absolute atomic E-state index is 12.6. The van der Waals surface area contributed by atoms with E-state index in [1.807, 2.05) is 0 Å². The summed E-state index contributed by atoms with van der Waals surface area (Å²) in [6, 6.07) is 5.13. The number of carbonyl (C=O) groups excluding carboxylic acids is 1. The Hall–Kier alpha value is -1.86. The number of anilines is 2. The number of nitrogens with two attached hydrogens (primary N) is 1. The Morgan fingerprint density at radius 3 is 2.12 bits per heavy atom. The summed E-state index contributed by atoms with van der Waals surface area (Å²) in [5, 5.41) is 1.42. The SMILES string of the molecule is Nc1ccccc1NC(=O)C(F)(F)C(F)(F)F. The van der Waals surface area contributed by atoms with Crippen LogP contribution in [0.4, 0.5) is 33.3 Å². The molecular formula is C9H7F5N2O. The lowest BCUT2D eigenvalue weighted by atomic mass is 10.2. The van der Waals surface area contributed by atoms with Crippen LogP contribution in [-0.2, 0) is 4.79 Å². The van der Waals surface area contributed by atoms with Gasteiger partial charge in [-0.05, 0) is 12.1 Å². The predicted molar refractivity (Wildman–Crippen MR) is 50.5 cm³/mol. The van der Waals surface area contributed by atoms with Crippen LogP contribution in [0.1, 0.15) is 0 Å². The first-order valence-electron chi connectivity index (χ1n) is 4.27. The molecule has 0 aliphatic rings. The van der Waals surface area contributed by atoms with Gasteiger partial charge in [0.05, 0.1) is 11.4 Å². The highest BCUT2D eigenvalue weighted by Crippen LogP contribution is 2.36. The zero-order chi connectivity index (χ0) is 13.3. The quantitative estimate of drug-likeness (QED) is 0.629. The maximum atomic E-state index is 12.6. The summed E-state index contributed by atoms with van der Waals surface area (Å²) in [6.45, 7) is 0. The molecule has 3 nitrogen and oxygen atoms in total. The minimum atomic E-state index is -5.94. The van der Waals surface area contributed by atoms with Gasteiger partial charge in [-0.2, -0.15) is 22.0 Å². The van der Waals surface area contributed by atoms with Crippen LogP contribution in [0, 0.1) is 0 Å². The van der Waals surface area contributed by atoms with Crippen molar-refractivity contribution in [1.29, 1.82) is 0 Å². The molecule has 3 N–H and O–H groups in total. The number of amides is 1. The average Bonchev–Trinajstić information content (AvgIpc) is 2.19. The lowest BCUT2D eigenvalue weighted by Crippen LogP contribution is -2.47. The van der Waals surface area contributed by atoms with Crippen LogP contribution in [-0.4, -0.2) is 18.0 Å². The summed E-state index contributed by atoms with van der Waals surface area (Å²) in [7, 11) is 0. The van der Waals surface area contributed by atoms with E-state index in [2.05, 4.69) is 0 Å². The summed E-state index contributed by atoms with van der Waals surface area (Å²) < 4.78 is 60.7. The van der Waals surface area contributed by atoms with Crippen LogP contribution in [0.2, 0.25) is 0 Å². The third-order valence-electron chi connectivity index (χ3n) is 1.85. The number of hydrogen-bond acceptors (Lipinski definition) is 2. The predicted octanol–water partition coefficient (Wildman–Crippen LogP) is 2.40. The molecule has 0 saturated carbocycles. The molecule has 1 rings (SSSR count). The molecule has 0 atom stereocenters. The fourth-order valence-corrected chi connectivity index (χ4v) is 0.940. The van der Waals surface area contributed by atoms with Gasteiger partial charge in [0.2, 0.25) is 0 Å². The van der Waals surface area contributed by atoms with Gasteiger partial charge in [-0.25, -0.2) is 0 Å². The Balaban J connectivity index is 2.91. The summed E-state index contributed by atoms with van der Waals surface area (Å²) in [4.78, 5) is 10.8. The number of nitrogens with one attached hydrogen (secondary N) is 1. The molecule has 0 aromatic heterocycles. The largest absolute Gasteiger partial charge is 0.463 e. The van der Waals surface area contributed by atoms with Crippen molar-refractivity contribution in [2.75, 3.05) is 11.1 Å². The zero-order valence-electron chi connectivity index (χ0n) is 8.18. The van der Waals surface area contributed by atoms with E-state index in [1.165, 1.54) is 23.5 Å². The normalized spacial score (nSPS) is 12.3. The molecule has 0 bridgehead atoms. The van der Waals surface area contributed by atoms with E-state index in [-0.39, 0.29) is 11.4 Å². The smallest absolute Gasteiger partial charge is 0.397 e. The van der Waals surface area contributed by atoms with E-state index < -0.39 is 18.0 Å². The highest BCUT2D eigenvalue weighted by molar-refractivity contribution is 5.98. The average molecular weight is 254 g/mol. The minimum absolute atomic E-state index is 0.112. The molecule has 0 fully saturated rings. The molecule has 0 spiro atoms. The molecule has 17 heavy (non-hydrogen) atoms. The van der Waals surface area contributed by atoms with E-state index in [0.717, 1.165) is 6.07 Å². The van der Waals surface area contributed by atoms with Crippen molar-refractivity contribution in [3.05, 3.63) is 24.3 Å². The van der Waals surface area contributed by atoms with Gasteiger partial charge in [0, 0.05) is 0 Å². The molecule has 0 heterocycles. The summed E-state index contributed by atoms with van der Waals surface area (Å²) >= 11 is 0. The topological polar surface area (TPSA) is 55.1 Å². The molecule has 1 aromatic rings. The number of nitrogen functional groups attached to an aromatic ring is 1. The van der Waals surface area contributed by atoms with Crippen molar-refractivity contribution in [2.24, 2.45) is 0 Å². The van der Waals surface area contributed by atoms with Gasteiger partial charge in [0.1, 0.15) is 0 Å². The Bertz CT molecular complexity index is 430. The highest BCUT2D eigenvalue weighted by Gasteiger charge is 2.63. The van der Waals surface area contributed by atoms with Crippen LogP contribution in [0.25, 0.3) is 0 Å². The summed E-state index contributed by atoms with van der Waals surface area (Å²) in [5.74, 6) is -7.93. The molecule has 0 aliphatic carbocycles. The first kappa shape index (κ1) is 13.2. The summed E-state index contributed by atoms with van der Waals surface area (Å²) in [6.07, 6.45) is -5.94. The minimum Gasteiger partial charge on any atom is -0.397 e. The Morgan fingerprint density at radius 2 is 1.65 bits per heavy atom. The number of hydrogen-bond donors (Lipinski definition) is 2. The van der Waals surface area contributed by atoms with Gasteiger partial charge >= 0.3 is 18.0 Å². The first-order chi connectivity index (χ1) is 7.66. The number of rotatable bonds is 2. The van der Waals surface area contributed by atoms with E-state index in [0.29, 0.717) is 0 Å². The number of carbonyl (C=O) groups is 1. The molecule has 0 aliphatic heterocycles. The van der Waals surface area contributed by atoms with Crippen molar-refractivity contribution in [3.63, 3.8) is 0 Å². The second-order valence-electron chi connectivity index (χ2n) is 3.11. The molecule has 0 saturated heterocycles. The maximum Gasteiger partial charge on any atom is 0.463 e. The second-order valence-corrected chi connectivity index (χ2v) is 3.11. The fourth-order valence-electron chi connectivity index (χ4n) is 0.940. The number of para-hydroxylation sites is 2. The molecule has 1 aromatic carbocycles. The van der Waals surface area contributed by atoms with Crippen molar-refractivity contribution in [1.82, 2.24) is 0 Å². The molecule has 0 radical (unpaired) electrons. The lowest BCUT2D eigenvalue weighted by Gasteiger charge is -2.19. The van der Waals surface area contributed by atoms with E-state index in [9.17, 15) is 26.7 Å². The van der Waals surface area contributed by atoms with Gasteiger partial charge in [-0.3, -0.25) is 4.79 Å². The second kappa shape index (κ2) is 4.19. The van der Waals surface area contributed by atoms with Crippen LogP contribution in [0.15, 0.2) is 24.3 Å².